The van der Waals surface area contributed by atoms with Crippen molar-refractivity contribution in [2.75, 3.05) is 0 Å². The van der Waals surface area contributed by atoms with Crippen molar-refractivity contribution in [2.45, 2.75) is 33.7 Å². The van der Waals surface area contributed by atoms with Crippen molar-refractivity contribution < 1.29 is 14.9 Å². The molecule has 2 N–H and O–H groups in total. The van der Waals surface area contributed by atoms with E-state index in [-0.39, 0.29) is 13.2 Å². The number of aliphatic hydroxyl groups excluding tert-OH is 2. The smallest absolute Gasteiger partial charge is 0.119 e. The Balaban J connectivity index is 0.000000228. The lowest BCUT2D eigenvalue weighted by Gasteiger charge is -2.07. The Morgan fingerprint density at radius 2 is 0.962 bits per heavy atom. The third kappa shape index (κ3) is 6.71. The lowest BCUT2D eigenvalue weighted by atomic mass is 10.2. The van der Waals surface area contributed by atoms with Crippen molar-refractivity contribution in [3.05, 3.63) is 101 Å². The standard InChI is InChI=1S/C15H16O2.C8H10O/c1-12-2-4-14(5-3-12)11-17-15-8-6-13(10-16)7-9-15;1-7-2-4-8(6-9)5-3-7/h2-9,16H,10-11H2,1H3;2-5,9H,6H2,1H3. The van der Waals surface area contributed by atoms with Crippen LogP contribution in [0.15, 0.2) is 72.8 Å². The molecule has 3 aromatic rings. The van der Waals surface area contributed by atoms with Crippen LogP contribution in [-0.2, 0) is 19.8 Å². The summed E-state index contributed by atoms with van der Waals surface area (Å²) in [6, 6.07) is 23.6. The predicted molar refractivity (Wildman–Crippen MR) is 105 cm³/mol. The van der Waals surface area contributed by atoms with Crippen LogP contribution in [0.1, 0.15) is 27.8 Å². The molecule has 136 valence electrons. The minimum atomic E-state index is 0.0677. The van der Waals surface area contributed by atoms with Gasteiger partial charge in [0.2, 0.25) is 0 Å². The van der Waals surface area contributed by atoms with Crippen LogP contribution >= 0.6 is 0 Å². The fourth-order valence-electron chi connectivity index (χ4n) is 2.24. The first-order valence-corrected chi connectivity index (χ1v) is 8.65. The Bertz CT molecular complexity index is 760. The molecule has 0 fully saturated rings. The number of hydrogen-bond donors (Lipinski definition) is 2. The van der Waals surface area contributed by atoms with E-state index in [9.17, 15) is 0 Å². The van der Waals surface area contributed by atoms with E-state index in [1.54, 1.807) is 0 Å². The first-order chi connectivity index (χ1) is 12.6. The molecule has 0 bridgehead atoms. The van der Waals surface area contributed by atoms with Gasteiger partial charge in [-0.3, -0.25) is 0 Å². The highest BCUT2D eigenvalue weighted by Crippen LogP contribution is 2.14. The Morgan fingerprint density at radius 1 is 0.577 bits per heavy atom. The van der Waals surface area contributed by atoms with Crippen LogP contribution in [0.3, 0.4) is 0 Å². The minimum Gasteiger partial charge on any atom is -0.489 e. The van der Waals surface area contributed by atoms with Gasteiger partial charge in [0.15, 0.2) is 0 Å². The maximum atomic E-state index is 8.92. The van der Waals surface area contributed by atoms with Gasteiger partial charge in [0.05, 0.1) is 13.2 Å². The topological polar surface area (TPSA) is 49.7 Å². The molecule has 0 spiro atoms. The molecule has 0 saturated heterocycles. The van der Waals surface area contributed by atoms with Gasteiger partial charge in [0.1, 0.15) is 12.4 Å². The maximum Gasteiger partial charge on any atom is 0.119 e. The van der Waals surface area contributed by atoms with Crippen LogP contribution in [0, 0.1) is 13.8 Å². The van der Waals surface area contributed by atoms with Crippen molar-refractivity contribution >= 4 is 0 Å². The molecule has 0 saturated carbocycles. The highest BCUT2D eigenvalue weighted by Gasteiger charge is 1.96. The molecule has 3 aromatic carbocycles. The normalized spacial score (nSPS) is 10.0. The van der Waals surface area contributed by atoms with Crippen LogP contribution in [0.4, 0.5) is 0 Å². The number of ether oxygens (including phenoxy) is 1. The zero-order chi connectivity index (χ0) is 18.8. The summed E-state index contributed by atoms with van der Waals surface area (Å²) in [4.78, 5) is 0. The molecule has 0 unspecified atom stereocenters. The van der Waals surface area contributed by atoms with Gasteiger partial charge in [-0.1, -0.05) is 71.8 Å². The number of benzene rings is 3. The summed E-state index contributed by atoms with van der Waals surface area (Å²) in [5.41, 5.74) is 5.50. The van der Waals surface area contributed by atoms with Gasteiger partial charge in [-0.15, -0.1) is 0 Å². The average molecular weight is 350 g/mol. The summed E-state index contributed by atoms with van der Waals surface area (Å²) in [5, 5.41) is 17.6. The molecule has 26 heavy (non-hydrogen) atoms. The summed E-state index contributed by atoms with van der Waals surface area (Å²) in [5.74, 6) is 0.822. The van der Waals surface area contributed by atoms with Gasteiger partial charge < -0.3 is 14.9 Å². The Kier molecular flexibility index (Phi) is 7.87. The first kappa shape index (κ1) is 19.7. The molecule has 0 aliphatic heterocycles. The largest absolute Gasteiger partial charge is 0.489 e. The van der Waals surface area contributed by atoms with Crippen molar-refractivity contribution in [3.63, 3.8) is 0 Å². The fraction of sp³-hybridized carbons (Fsp3) is 0.217. The van der Waals surface area contributed by atoms with Crippen LogP contribution in [0.5, 0.6) is 5.75 Å². The number of rotatable bonds is 5. The van der Waals surface area contributed by atoms with Crippen molar-refractivity contribution in [3.8, 4) is 5.75 Å². The molecule has 3 rings (SSSR count). The van der Waals surface area contributed by atoms with Crippen molar-refractivity contribution in [1.82, 2.24) is 0 Å². The van der Waals surface area contributed by atoms with Gasteiger partial charge in [-0.2, -0.15) is 0 Å². The average Bonchev–Trinajstić information content (AvgIpc) is 2.69. The van der Waals surface area contributed by atoms with Crippen molar-refractivity contribution in [2.24, 2.45) is 0 Å². The highest BCUT2D eigenvalue weighted by molar-refractivity contribution is 5.28. The summed E-state index contributed by atoms with van der Waals surface area (Å²) in [6.07, 6.45) is 0. The molecular weight excluding hydrogens is 324 g/mol. The predicted octanol–water partition coefficient (Wildman–Crippen LogP) is 4.55. The van der Waals surface area contributed by atoms with Gasteiger partial charge in [-0.25, -0.2) is 0 Å². The molecular formula is C23H26O3. The van der Waals surface area contributed by atoms with E-state index >= 15 is 0 Å². The second-order valence-electron chi connectivity index (χ2n) is 6.22. The molecule has 0 aliphatic rings. The Morgan fingerprint density at radius 3 is 1.38 bits per heavy atom. The molecule has 0 heterocycles. The van der Waals surface area contributed by atoms with Gasteiger partial charge >= 0.3 is 0 Å². The SMILES string of the molecule is Cc1ccc(CO)cc1.Cc1ccc(COc2ccc(CO)cc2)cc1. The van der Waals surface area contributed by atoms with E-state index in [4.69, 9.17) is 14.9 Å². The van der Waals surface area contributed by atoms with Gasteiger partial charge in [-0.05, 0) is 42.7 Å². The second kappa shape index (κ2) is 10.4. The maximum absolute atomic E-state index is 8.92. The summed E-state index contributed by atoms with van der Waals surface area (Å²) in [6.45, 7) is 4.87. The van der Waals surface area contributed by atoms with Gasteiger partial charge in [0.25, 0.3) is 0 Å². The van der Waals surface area contributed by atoms with Crippen LogP contribution in [0.2, 0.25) is 0 Å². The first-order valence-electron chi connectivity index (χ1n) is 8.65. The van der Waals surface area contributed by atoms with E-state index in [0.29, 0.717) is 6.61 Å². The third-order valence-electron chi connectivity index (χ3n) is 3.94. The number of hydrogen-bond acceptors (Lipinski definition) is 3. The number of aliphatic hydroxyl groups is 2. The second-order valence-corrected chi connectivity index (χ2v) is 6.22. The summed E-state index contributed by atoms with van der Waals surface area (Å²) < 4.78 is 5.65. The zero-order valence-corrected chi connectivity index (χ0v) is 15.4. The highest BCUT2D eigenvalue weighted by atomic mass is 16.5. The van der Waals surface area contributed by atoms with Crippen molar-refractivity contribution in [1.29, 1.82) is 0 Å². The fourth-order valence-corrected chi connectivity index (χ4v) is 2.24. The Labute approximate surface area is 155 Å². The monoisotopic (exact) mass is 350 g/mol. The lowest BCUT2D eigenvalue weighted by molar-refractivity contribution is 0.280. The van der Waals surface area contributed by atoms with Crippen LogP contribution in [-0.4, -0.2) is 10.2 Å². The third-order valence-corrected chi connectivity index (χ3v) is 3.94. The summed E-state index contributed by atoms with van der Waals surface area (Å²) >= 11 is 0. The van der Waals surface area contributed by atoms with E-state index < -0.39 is 0 Å². The molecule has 0 aliphatic carbocycles. The summed E-state index contributed by atoms with van der Waals surface area (Å²) in [7, 11) is 0. The molecule has 0 atom stereocenters. The van der Waals surface area contributed by atoms with E-state index in [2.05, 4.69) is 31.2 Å². The molecule has 0 aromatic heterocycles. The zero-order valence-electron chi connectivity index (χ0n) is 15.4. The van der Waals surface area contributed by atoms with E-state index in [0.717, 1.165) is 22.4 Å². The van der Waals surface area contributed by atoms with Crippen LogP contribution in [0.25, 0.3) is 0 Å². The molecule has 3 heteroatoms. The molecule has 0 radical (unpaired) electrons. The molecule has 3 nitrogen and oxygen atoms in total. The van der Waals surface area contributed by atoms with Gasteiger partial charge in [0, 0.05) is 0 Å². The number of aryl methyl sites for hydroxylation is 2. The lowest BCUT2D eigenvalue weighted by Crippen LogP contribution is -1.95. The van der Waals surface area contributed by atoms with E-state index in [1.807, 2.05) is 55.5 Å². The van der Waals surface area contributed by atoms with Crippen LogP contribution < -0.4 is 4.74 Å². The minimum absolute atomic E-state index is 0.0677. The Hall–Kier alpha value is -2.62. The van der Waals surface area contributed by atoms with E-state index in [1.165, 1.54) is 11.1 Å². The molecule has 0 amide bonds. The quantitative estimate of drug-likeness (QED) is 0.709.